The summed E-state index contributed by atoms with van der Waals surface area (Å²) < 4.78 is 2.01. The van der Waals surface area contributed by atoms with Gasteiger partial charge < -0.3 is 5.32 Å². The smallest absolute Gasteiger partial charge is 0.0931 e. The molecule has 2 heterocycles. The number of rotatable bonds is 3. The standard InChI is InChI=1S/C15H16BrClN2S/c16-12-4-2-1-3-11(12)15(13-5-6-14(17)20-13)19-9-7-18-8-10-19/h1-6,15,18H,7-10H2. The van der Waals surface area contributed by atoms with Crippen molar-refractivity contribution in [2.24, 2.45) is 0 Å². The van der Waals surface area contributed by atoms with Crippen LogP contribution in [0.1, 0.15) is 16.5 Å². The highest BCUT2D eigenvalue weighted by atomic mass is 79.9. The van der Waals surface area contributed by atoms with Crippen molar-refractivity contribution in [2.75, 3.05) is 26.2 Å². The minimum atomic E-state index is 0.283. The second-order valence-corrected chi connectivity index (χ2v) is 7.45. The fourth-order valence-corrected chi connectivity index (χ4v) is 4.36. The van der Waals surface area contributed by atoms with Gasteiger partial charge in [-0.25, -0.2) is 0 Å². The molecule has 2 aromatic rings. The first-order valence-corrected chi connectivity index (χ1v) is 8.69. The number of thiophene rings is 1. The van der Waals surface area contributed by atoms with Crippen LogP contribution in [-0.4, -0.2) is 31.1 Å². The van der Waals surface area contributed by atoms with Crippen molar-refractivity contribution in [1.82, 2.24) is 10.2 Å². The lowest BCUT2D eigenvalue weighted by Crippen LogP contribution is -2.45. The Hall–Kier alpha value is -0.390. The molecule has 20 heavy (non-hydrogen) atoms. The molecule has 1 aromatic carbocycles. The Balaban J connectivity index is 2.01. The maximum absolute atomic E-state index is 6.15. The highest BCUT2D eigenvalue weighted by molar-refractivity contribution is 9.10. The summed E-state index contributed by atoms with van der Waals surface area (Å²) in [5.41, 5.74) is 1.31. The van der Waals surface area contributed by atoms with Crippen molar-refractivity contribution in [3.63, 3.8) is 0 Å². The molecule has 1 aliphatic rings. The van der Waals surface area contributed by atoms with E-state index in [1.54, 1.807) is 11.3 Å². The third-order valence-corrected chi connectivity index (χ3v) is 5.59. The monoisotopic (exact) mass is 370 g/mol. The predicted octanol–water partition coefficient (Wildman–Crippen LogP) is 4.16. The molecular weight excluding hydrogens is 356 g/mol. The summed E-state index contributed by atoms with van der Waals surface area (Å²) in [6, 6.07) is 12.9. The Morgan fingerprint density at radius 2 is 1.90 bits per heavy atom. The second-order valence-electron chi connectivity index (χ2n) is 4.85. The van der Waals surface area contributed by atoms with Gasteiger partial charge in [-0.3, -0.25) is 4.90 Å². The SMILES string of the molecule is Clc1ccc(C(c2ccccc2Br)N2CCNCC2)s1. The molecule has 1 saturated heterocycles. The molecular formula is C15H16BrClN2S. The van der Waals surface area contributed by atoms with E-state index in [-0.39, 0.29) is 6.04 Å². The second kappa shape index (κ2) is 6.58. The Morgan fingerprint density at radius 1 is 1.15 bits per heavy atom. The largest absolute Gasteiger partial charge is 0.314 e. The molecule has 0 radical (unpaired) electrons. The van der Waals surface area contributed by atoms with E-state index < -0.39 is 0 Å². The first-order valence-electron chi connectivity index (χ1n) is 6.70. The zero-order chi connectivity index (χ0) is 13.9. The van der Waals surface area contributed by atoms with Crippen LogP contribution in [0.4, 0.5) is 0 Å². The molecule has 1 aliphatic heterocycles. The number of nitrogens with zero attached hydrogens (tertiary/aromatic N) is 1. The molecule has 1 unspecified atom stereocenters. The first-order chi connectivity index (χ1) is 9.75. The first kappa shape index (κ1) is 14.5. The minimum absolute atomic E-state index is 0.283. The molecule has 2 nitrogen and oxygen atoms in total. The van der Waals surface area contributed by atoms with E-state index in [1.807, 2.05) is 6.07 Å². The van der Waals surface area contributed by atoms with Crippen molar-refractivity contribution in [1.29, 1.82) is 0 Å². The molecule has 1 atom stereocenters. The summed E-state index contributed by atoms with van der Waals surface area (Å²) in [5, 5.41) is 3.42. The summed E-state index contributed by atoms with van der Waals surface area (Å²) in [5.74, 6) is 0. The number of benzene rings is 1. The maximum atomic E-state index is 6.15. The van der Waals surface area contributed by atoms with Crippen LogP contribution in [0.5, 0.6) is 0 Å². The van der Waals surface area contributed by atoms with E-state index in [0.29, 0.717) is 0 Å². The molecule has 0 spiro atoms. The molecule has 0 saturated carbocycles. The van der Waals surface area contributed by atoms with Gasteiger partial charge in [-0.1, -0.05) is 45.7 Å². The normalized spacial score (nSPS) is 18.1. The molecule has 3 rings (SSSR count). The lowest BCUT2D eigenvalue weighted by Gasteiger charge is -2.35. The Labute approximate surface area is 136 Å². The van der Waals surface area contributed by atoms with Crippen LogP contribution < -0.4 is 5.32 Å². The van der Waals surface area contributed by atoms with Crippen LogP contribution in [0, 0.1) is 0 Å². The molecule has 0 bridgehead atoms. The van der Waals surface area contributed by atoms with E-state index in [4.69, 9.17) is 11.6 Å². The zero-order valence-electron chi connectivity index (χ0n) is 11.0. The summed E-state index contributed by atoms with van der Waals surface area (Å²) in [6.07, 6.45) is 0. The van der Waals surface area contributed by atoms with Crippen molar-refractivity contribution in [3.8, 4) is 0 Å². The molecule has 1 aromatic heterocycles. The topological polar surface area (TPSA) is 15.3 Å². The van der Waals surface area contributed by atoms with Crippen LogP contribution in [0.3, 0.4) is 0 Å². The summed E-state index contributed by atoms with van der Waals surface area (Å²) >= 11 is 11.5. The van der Waals surface area contributed by atoms with Gasteiger partial charge in [-0.05, 0) is 23.8 Å². The maximum Gasteiger partial charge on any atom is 0.0931 e. The zero-order valence-corrected chi connectivity index (χ0v) is 14.1. The van der Waals surface area contributed by atoms with Gasteiger partial charge in [-0.2, -0.15) is 0 Å². The van der Waals surface area contributed by atoms with Crippen molar-refractivity contribution < 1.29 is 0 Å². The summed E-state index contributed by atoms with van der Waals surface area (Å²) in [4.78, 5) is 3.84. The Kier molecular flexibility index (Phi) is 4.79. The van der Waals surface area contributed by atoms with Crippen LogP contribution in [0.25, 0.3) is 0 Å². The van der Waals surface area contributed by atoms with E-state index in [2.05, 4.69) is 56.5 Å². The van der Waals surface area contributed by atoms with Gasteiger partial charge >= 0.3 is 0 Å². The highest BCUT2D eigenvalue weighted by Crippen LogP contribution is 2.38. The van der Waals surface area contributed by atoms with Crippen LogP contribution in [0.2, 0.25) is 4.34 Å². The summed E-state index contributed by atoms with van der Waals surface area (Å²) in [6.45, 7) is 4.20. The molecule has 1 N–H and O–H groups in total. The predicted molar refractivity (Wildman–Crippen MR) is 89.8 cm³/mol. The van der Waals surface area contributed by atoms with E-state index >= 15 is 0 Å². The number of hydrogen-bond donors (Lipinski definition) is 1. The van der Waals surface area contributed by atoms with Gasteiger partial charge in [0, 0.05) is 35.5 Å². The highest BCUT2D eigenvalue weighted by Gasteiger charge is 2.26. The lowest BCUT2D eigenvalue weighted by atomic mass is 10.0. The van der Waals surface area contributed by atoms with Crippen molar-refractivity contribution in [2.45, 2.75) is 6.04 Å². The molecule has 106 valence electrons. The van der Waals surface area contributed by atoms with Crippen LogP contribution >= 0.6 is 38.9 Å². The van der Waals surface area contributed by atoms with Gasteiger partial charge in [0.1, 0.15) is 0 Å². The average Bonchev–Trinajstić information content (AvgIpc) is 2.89. The number of halogens is 2. The third kappa shape index (κ3) is 3.10. The average molecular weight is 372 g/mol. The van der Waals surface area contributed by atoms with E-state index in [0.717, 1.165) is 35.0 Å². The van der Waals surface area contributed by atoms with Gasteiger partial charge in [-0.15, -0.1) is 11.3 Å². The Morgan fingerprint density at radius 3 is 2.55 bits per heavy atom. The molecule has 1 fully saturated rings. The third-order valence-electron chi connectivity index (χ3n) is 3.58. The van der Waals surface area contributed by atoms with Gasteiger partial charge in [0.15, 0.2) is 0 Å². The van der Waals surface area contributed by atoms with Crippen molar-refractivity contribution in [3.05, 3.63) is 55.6 Å². The minimum Gasteiger partial charge on any atom is -0.314 e. The Bertz CT molecular complexity index is 581. The van der Waals surface area contributed by atoms with Crippen molar-refractivity contribution >= 4 is 38.9 Å². The molecule has 0 amide bonds. The molecule has 5 heteroatoms. The quantitative estimate of drug-likeness (QED) is 0.871. The number of nitrogens with one attached hydrogen (secondary N) is 1. The fraction of sp³-hybridized carbons (Fsp3) is 0.333. The van der Waals surface area contributed by atoms with Crippen LogP contribution in [0.15, 0.2) is 40.9 Å². The number of piperazine rings is 1. The van der Waals surface area contributed by atoms with Gasteiger partial charge in [0.2, 0.25) is 0 Å². The number of hydrogen-bond acceptors (Lipinski definition) is 3. The lowest BCUT2D eigenvalue weighted by molar-refractivity contribution is 0.200. The molecule has 0 aliphatic carbocycles. The van der Waals surface area contributed by atoms with Crippen LogP contribution in [-0.2, 0) is 0 Å². The van der Waals surface area contributed by atoms with E-state index in [1.165, 1.54) is 10.4 Å². The van der Waals surface area contributed by atoms with Gasteiger partial charge in [0.25, 0.3) is 0 Å². The van der Waals surface area contributed by atoms with Gasteiger partial charge in [0.05, 0.1) is 10.4 Å². The summed E-state index contributed by atoms with van der Waals surface area (Å²) in [7, 11) is 0. The fourth-order valence-electron chi connectivity index (χ4n) is 2.64. The van der Waals surface area contributed by atoms with E-state index in [9.17, 15) is 0 Å².